The van der Waals surface area contributed by atoms with E-state index in [4.69, 9.17) is 4.74 Å². The maximum Gasteiger partial charge on any atom is 0.274 e. The van der Waals surface area contributed by atoms with Crippen LogP contribution in [-0.2, 0) is 0 Å². The first kappa shape index (κ1) is 18.3. The standard InChI is InChI=1S/C20H19FN4O2/c1-13(2)27-17-9-7-15(8-10-17)24-19-11-18(22-12-23-19)20(26)25-16-5-3-14(21)4-6-16/h3-13H,1-2H3,(H,25,26)(H,22,23,24). The highest BCUT2D eigenvalue weighted by atomic mass is 19.1. The van der Waals surface area contributed by atoms with Crippen molar-refractivity contribution in [2.75, 3.05) is 10.6 Å². The van der Waals surface area contributed by atoms with Crippen LogP contribution in [0.1, 0.15) is 24.3 Å². The van der Waals surface area contributed by atoms with E-state index in [9.17, 15) is 9.18 Å². The van der Waals surface area contributed by atoms with Gasteiger partial charge in [-0.05, 0) is 62.4 Å². The number of hydrogen-bond acceptors (Lipinski definition) is 5. The number of nitrogens with zero attached hydrogens (tertiary/aromatic N) is 2. The molecule has 2 N–H and O–H groups in total. The summed E-state index contributed by atoms with van der Waals surface area (Å²) in [6.07, 6.45) is 1.41. The van der Waals surface area contributed by atoms with E-state index in [1.807, 2.05) is 38.1 Å². The molecule has 0 bridgehead atoms. The maximum absolute atomic E-state index is 12.9. The fourth-order valence-electron chi connectivity index (χ4n) is 2.32. The Morgan fingerprint density at radius 2 is 1.67 bits per heavy atom. The highest BCUT2D eigenvalue weighted by Crippen LogP contribution is 2.20. The molecular weight excluding hydrogens is 347 g/mol. The van der Waals surface area contributed by atoms with Crippen molar-refractivity contribution in [1.29, 1.82) is 0 Å². The Hall–Kier alpha value is -3.48. The number of aromatic nitrogens is 2. The topological polar surface area (TPSA) is 76.1 Å². The Kier molecular flexibility index (Phi) is 5.61. The van der Waals surface area contributed by atoms with Crippen molar-refractivity contribution in [3.05, 3.63) is 72.4 Å². The minimum atomic E-state index is -0.410. The molecule has 0 saturated carbocycles. The summed E-state index contributed by atoms with van der Waals surface area (Å²) >= 11 is 0. The zero-order valence-corrected chi connectivity index (χ0v) is 14.9. The Labute approximate surface area is 156 Å². The van der Waals surface area contributed by atoms with Gasteiger partial charge in [0.05, 0.1) is 6.10 Å². The third kappa shape index (κ3) is 5.24. The summed E-state index contributed by atoms with van der Waals surface area (Å²) in [4.78, 5) is 20.4. The summed E-state index contributed by atoms with van der Waals surface area (Å²) in [7, 11) is 0. The van der Waals surface area contributed by atoms with Crippen LogP contribution in [0.2, 0.25) is 0 Å². The zero-order valence-electron chi connectivity index (χ0n) is 14.9. The minimum absolute atomic E-state index is 0.104. The molecule has 6 nitrogen and oxygen atoms in total. The molecule has 0 unspecified atom stereocenters. The smallest absolute Gasteiger partial charge is 0.274 e. The molecule has 0 fully saturated rings. The Morgan fingerprint density at radius 3 is 2.33 bits per heavy atom. The Bertz CT molecular complexity index is 912. The van der Waals surface area contributed by atoms with Crippen LogP contribution in [-0.4, -0.2) is 22.0 Å². The quantitative estimate of drug-likeness (QED) is 0.676. The number of ether oxygens (including phenoxy) is 1. The molecule has 3 rings (SSSR count). The molecular formula is C20H19FN4O2. The van der Waals surface area contributed by atoms with Crippen molar-refractivity contribution in [2.24, 2.45) is 0 Å². The van der Waals surface area contributed by atoms with E-state index in [0.717, 1.165) is 11.4 Å². The molecule has 0 aliphatic carbocycles. The van der Waals surface area contributed by atoms with E-state index in [1.165, 1.54) is 36.7 Å². The average Bonchev–Trinajstić information content (AvgIpc) is 2.65. The summed E-state index contributed by atoms with van der Waals surface area (Å²) in [5, 5.41) is 5.78. The molecule has 0 spiro atoms. The van der Waals surface area contributed by atoms with Gasteiger partial charge in [-0.3, -0.25) is 4.79 Å². The molecule has 2 aromatic carbocycles. The SMILES string of the molecule is CC(C)Oc1ccc(Nc2cc(C(=O)Nc3ccc(F)cc3)ncn2)cc1. The van der Waals surface area contributed by atoms with Gasteiger partial charge in [-0.15, -0.1) is 0 Å². The van der Waals surface area contributed by atoms with Gasteiger partial charge in [-0.1, -0.05) is 0 Å². The molecule has 1 heterocycles. The van der Waals surface area contributed by atoms with Gasteiger partial charge in [0.25, 0.3) is 5.91 Å². The van der Waals surface area contributed by atoms with Crippen LogP contribution in [0.3, 0.4) is 0 Å². The number of nitrogens with one attached hydrogen (secondary N) is 2. The molecule has 0 saturated heterocycles. The summed E-state index contributed by atoms with van der Waals surface area (Å²) in [6.45, 7) is 3.93. The van der Waals surface area contributed by atoms with E-state index in [-0.39, 0.29) is 17.6 Å². The number of rotatable bonds is 6. The second-order valence-corrected chi connectivity index (χ2v) is 6.07. The highest BCUT2D eigenvalue weighted by Gasteiger charge is 2.10. The van der Waals surface area contributed by atoms with Gasteiger partial charge in [0.2, 0.25) is 0 Å². The van der Waals surface area contributed by atoms with Crippen LogP contribution >= 0.6 is 0 Å². The van der Waals surface area contributed by atoms with Gasteiger partial charge in [-0.25, -0.2) is 14.4 Å². The molecule has 7 heteroatoms. The van der Waals surface area contributed by atoms with Crippen LogP contribution < -0.4 is 15.4 Å². The first-order valence-corrected chi connectivity index (χ1v) is 8.42. The van der Waals surface area contributed by atoms with Gasteiger partial charge >= 0.3 is 0 Å². The number of halogens is 1. The lowest BCUT2D eigenvalue weighted by Crippen LogP contribution is -2.14. The number of carbonyl (C=O) groups excluding carboxylic acids is 1. The minimum Gasteiger partial charge on any atom is -0.491 e. The molecule has 1 aromatic heterocycles. The molecule has 0 atom stereocenters. The third-order valence-corrected chi connectivity index (χ3v) is 3.50. The normalized spacial score (nSPS) is 10.5. The molecule has 0 aliphatic rings. The first-order valence-electron chi connectivity index (χ1n) is 8.42. The second kappa shape index (κ2) is 8.27. The van der Waals surface area contributed by atoms with E-state index < -0.39 is 5.91 Å². The predicted octanol–water partition coefficient (Wildman–Crippen LogP) is 4.40. The number of carbonyl (C=O) groups is 1. The lowest BCUT2D eigenvalue weighted by molar-refractivity contribution is 0.102. The summed E-state index contributed by atoms with van der Waals surface area (Å²) in [5.41, 5.74) is 1.47. The first-order chi connectivity index (χ1) is 13.0. The van der Waals surface area contributed by atoms with E-state index in [0.29, 0.717) is 11.5 Å². The Morgan fingerprint density at radius 1 is 1.00 bits per heavy atom. The number of amides is 1. The molecule has 0 aliphatic heterocycles. The zero-order chi connectivity index (χ0) is 19.2. The summed E-state index contributed by atoms with van der Waals surface area (Å²) in [5.74, 6) is 0.475. The Balaban J connectivity index is 1.67. The van der Waals surface area contributed by atoms with Gasteiger partial charge < -0.3 is 15.4 Å². The maximum atomic E-state index is 12.9. The number of anilines is 3. The monoisotopic (exact) mass is 366 g/mol. The number of benzene rings is 2. The van der Waals surface area contributed by atoms with E-state index in [2.05, 4.69) is 20.6 Å². The lowest BCUT2D eigenvalue weighted by Gasteiger charge is -2.11. The van der Waals surface area contributed by atoms with Crippen molar-refractivity contribution in [3.8, 4) is 5.75 Å². The highest BCUT2D eigenvalue weighted by molar-refractivity contribution is 6.03. The summed E-state index contributed by atoms with van der Waals surface area (Å²) in [6, 6.07) is 14.5. The predicted molar refractivity (Wildman–Crippen MR) is 102 cm³/mol. The second-order valence-electron chi connectivity index (χ2n) is 6.07. The molecule has 138 valence electrons. The average molecular weight is 366 g/mol. The van der Waals surface area contributed by atoms with Crippen molar-refractivity contribution in [1.82, 2.24) is 9.97 Å². The number of hydrogen-bond donors (Lipinski definition) is 2. The van der Waals surface area contributed by atoms with E-state index >= 15 is 0 Å². The van der Waals surface area contributed by atoms with Gasteiger partial charge in [0.1, 0.15) is 29.4 Å². The molecule has 0 radical (unpaired) electrons. The van der Waals surface area contributed by atoms with Crippen LogP contribution in [0, 0.1) is 5.82 Å². The van der Waals surface area contributed by atoms with Crippen LogP contribution in [0.4, 0.5) is 21.6 Å². The fourth-order valence-corrected chi connectivity index (χ4v) is 2.32. The van der Waals surface area contributed by atoms with Crippen LogP contribution in [0.25, 0.3) is 0 Å². The summed E-state index contributed by atoms with van der Waals surface area (Å²) < 4.78 is 18.5. The molecule has 1 amide bonds. The third-order valence-electron chi connectivity index (χ3n) is 3.50. The fraction of sp³-hybridized carbons (Fsp3) is 0.150. The molecule has 3 aromatic rings. The van der Waals surface area contributed by atoms with Gasteiger partial charge in [-0.2, -0.15) is 0 Å². The molecule has 27 heavy (non-hydrogen) atoms. The van der Waals surface area contributed by atoms with Crippen LogP contribution in [0.15, 0.2) is 60.9 Å². The van der Waals surface area contributed by atoms with Crippen molar-refractivity contribution in [3.63, 3.8) is 0 Å². The largest absolute Gasteiger partial charge is 0.491 e. The van der Waals surface area contributed by atoms with Gasteiger partial charge in [0, 0.05) is 17.4 Å². The van der Waals surface area contributed by atoms with Crippen LogP contribution in [0.5, 0.6) is 5.75 Å². The van der Waals surface area contributed by atoms with Gasteiger partial charge in [0.15, 0.2) is 0 Å². The van der Waals surface area contributed by atoms with Crippen molar-refractivity contribution in [2.45, 2.75) is 20.0 Å². The van der Waals surface area contributed by atoms with Crippen molar-refractivity contribution < 1.29 is 13.9 Å². The van der Waals surface area contributed by atoms with E-state index in [1.54, 1.807) is 0 Å². The van der Waals surface area contributed by atoms with Crippen molar-refractivity contribution >= 4 is 23.1 Å². The lowest BCUT2D eigenvalue weighted by atomic mass is 10.2.